The summed E-state index contributed by atoms with van der Waals surface area (Å²) in [7, 11) is 0. The molecule has 1 aliphatic rings. The molecule has 0 saturated heterocycles. The molecule has 2 atom stereocenters. The maximum atomic E-state index is 10.9. The van der Waals surface area contributed by atoms with Gasteiger partial charge < -0.3 is 14.9 Å². The van der Waals surface area contributed by atoms with Crippen molar-refractivity contribution in [2.24, 2.45) is 0 Å². The molecule has 0 aromatic heterocycles. The molecule has 1 rings (SSSR count). The van der Waals surface area contributed by atoms with Crippen molar-refractivity contribution in [3.8, 4) is 0 Å². The number of hydrogen-bond donors (Lipinski definition) is 2. The molecule has 0 aliphatic carbocycles. The number of rotatable bonds is 4. The fourth-order valence-electron chi connectivity index (χ4n) is 1.45. The number of carbonyl (C=O) groups excluding carboxylic acids is 1. The highest BCUT2D eigenvalue weighted by Crippen LogP contribution is 2.27. The summed E-state index contributed by atoms with van der Waals surface area (Å²) in [5.41, 5.74) is -1.76. The van der Waals surface area contributed by atoms with Crippen LogP contribution in [0.25, 0.3) is 0 Å². The van der Waals surface area contributed by atoms with Crippen LogP contribution in [0, 0.1) is 0 Å². The first-order chi connectivity index (χ1) is 6.73. The predicted octanol–water partition coefficient (Wildman–Crippen LogP) is 0.770. The molecule has 0 unspecified atom stereocenters. The maximum Gasteiger partial charge on any atom is 0.331 e. The van der Waals surface area contributed by atoms with E-state index in [0.717, 1.165) is 0 Å². The first-order valence-electron chi connectivity index (χ1n) is 5.06. The van der Waals surface area contributed by atoms with Gasteiger partial charge in [0.25, 0.3) is 0 Å². The third-order valence-corrected chi connectivity index (χ3v) is 2.64. The second kappa shape index (κ2) is 3.94. The van der Waals surface area contributed by atoms with E-state index in [4.69, 9.17) is 4.74 Å². The average Bonchev–Trinajstić information content (AvgIpc) is 2.41. The van der Waals surface area contributed by atoms with Gasteiger partial charge in [0.1, 0.15) is 5.60 Å². The van der Waals surface area contributed by atoms with Crippen LogP contribution in [0.5, 0.6) is 0 Å². The zero-order valence-electron chi connectivity index (χ0n) is 9.36. The Balaban J connectivity index is 2.44. The molecule has 1 aliphatic heterocycles. The number of ether oxygens (including phenoxy) is 1. The molecular formula is C11H18O4. The minimum Gasteiger partial charge on any atom is -0.452 e. The molecule has 0 aromatic rings. The van der Waals surface area contributed by atoms with E-state index in [2.05, 4.69) is 0 Å². The Kier molecular flexibility index (Phi) is 3.21. The smallest absolute Gasteiger partial charge is 0.331 e. The molecule has 0 aromatic carbocycles. The van der Waals surface area contributed by atoms with Gasteiger partial charge in [-0.2, -0.15) is 0 Å². The molecule has 0 amide bonds. The summed E-state index contributed by atoms with van der Waals surface area (Å²) in [6.45, 7) is 4.89. The molecule has 4 nitrogen and oxygen atoms in total. The summed E-state index contributed by atoms with van der Waals surface area (Å²) in [6, 6.07) is 0. The van der Waals surface area contributed by atoms with E-state index in [1.165, 1.54) is 6.08 Å². The topological polar surface area (TPSA) is 66.8 Å². The Morgan fingerprint density at radius 2 is 2.20 bits per heavy atom. The molecule has 86 valence electrons. The number of aliphatic hydroxyl groups excluding tert-OH is 1. The van der Waals surface area contributed by atoms with Gasteiger partial charge in [0.15, 0.2) is 0 Å². The fraction of sp³-hybridized carbons (Fsp3) is 0.727. The van der Waals surface area contributed by atoms with E-state index in [-0.39, 0.29) is 5.97 Å². The van der Waals surface area contributed by atoms with Gasteiger partial charge in [0, 0.05) is 6.08 Å². The van der Waals surface area contributed by atoms with Crippen molar-refractivity contribution < 1.29 is 19.7 Å². The lowest BCUT2D eigenvalue weighted by Gasteiger charge is -2.28. The standard InChI is InChI=1S/C11H18O4/c1-10(2,14)8(12)4-6-11(3)7-5-9(13)15-11/h5,7-8,12,14H,4,6H2,1-3H3/t8-,11-/m1/s1. The second-order valence-corrected chi connectivity index (χ2v) is 4.78. The minimum atomic E-state index is -1.12. The zero-order valence-corrected chi connectivity index (χ0v) is 9.36. The second-order valence-electron chi connectivity index (χ2n) is 4.78. The van der Waals surface area contributed by atoms with Gasteiger partial charge in [0.05, 0.1) is 11.7 Å². The summed E-state index contributed by atoms with van der Waals surface area (Å²) in [6.07, 6.45) is 3.14. The molecule has 2 N–H and O–H groups in total. The van der Waals surface area contributed by atoms with E-state index >= 15 is 0 Å². The summed E-state index contributed by atoms with van der Waals surface area (Å²) in [5, 5.41) is 19.1. The van der Waals surface area contributed by atoms with Crippen LogP contribution in [-0.2, 0) is 9.53 Å². The number of esters is 1. The van der Waals surface area contributed by atoms with E-state index in [9.17, 15) is 15.0 Å². The van der Waals surface area contributed by atoms with Crippen molar-refractivity contribution in [2.45, 2.75) is 50.9 Å². The lowest BCUT2D eigenvalue weighted by atomic mass is 9.92. The highest BCUT2D eigenvalue weighted by Gasteiger charge is 2.33. The van der Waals surface area contributed by atoms with Crippen molar-refractivity contribution in [3.05, 3.63) is 12.2 Å². The van der Waals surface area contributed by atoms with Crippen LogP contribution in [0.15, 0.2) is 12.2 Å². The molecular weight excluding hydrogens is 196 g/mol. The Labute approximate surface area is 89.6 Å². The normalized spacial score (nSPS) is 27.9. The minimum absolute atomic E-state index is 0.352. The number of aliphatic hydroxyl groups is 2. The van der Waals surface area contributed by atoms with Gasteiger partial charge in [-0.05, 0) is 39.7 Å². The van der Waals surface area contributed by atoms with Gasteiger partial charge in [-0.1, -0.05) is 0 Å². The number of cyclic esters (lactones) is 1. The molecule has 0 bridgehead atoms. The van der Waals surface area contributed by atoms with Gasteiger partial charge in [-0.25, -0.2) is 4.79 Å². The Morgan fingerprint density at radius 3 is 2.60 bits per heavy atom. The molecule has 4 heteroatoms. The molecule has 0 fully saturated rings. The summed E-state index contributed by atoms with van der Waals surface area (Å²) >= 11 is 0. The SMILES string of the molecule is CC(C)(O)[C@H](O)CC[C@]1(C)C=CC(=O)O1. The number of hydrogen-bond acceptors (Lipinski definition) is 4. The monoisotopic (exact) mass is 214 g/mol. The highest BCUT2D eigenvalue weighted by molar-refractivity contribution is 5.85. The summed E-state index contributed by atoms with van der Waals surface area (Å²) < 4.78 is 5.07. The van der Waals surface area contributed by atoms with Crippen molar-refractivity contribution in [1.82, 2.24) is 0 Å². The van der Waals surface area contributed by atoms with Crippen LogP contribution in [0.4, 0.5) is 0 Å². The van der Waals surface area contributed by atoms with Gasteiger partial charge >= 0.3 is 5.97 Å². The largest absolute Gasteiger partial charge is 0.452 e. The predicted molar refractivity (Wildman–Crippen MR) is 55.2 cm³/mol. The maximum absolute atomic E-state index is 10.9. The molecule has 0 saturated carbocycles. The Morgan fingerprint density at radius 1 is 1.60 bits per heavy atom. The van der Waals surface area contributed by atoms with Crippen LogP contribution < -0.4 is 0 Å². The third kappa shape index (κ3) is 3.32. The van der Waals surface area contributed by atoms with E-state index < -0.39 is 17.3 Å². The van der Waals surface area contributed by atoms with Crippen LogP contribution in [0.1, 0.15) is 33.6 Å². The van der Waals surface area contributed by atoms with Crippen molar-refractivity contribution in [1.29, 1.82) is 0 Å². The van der Waals surface area contributed by atoms with Crippen molar-refractivity contribution >= 4 is 5.97 Å². The lowest BCUT2D eigenvalue weighted by Crippen LogP contribution is -2.37. The van der Waals surface area contributed by atoms with E-state index in [0.29, 0.717) is 12.8 Å². The Bertz CT molecular complexity index is 277. The summed E-state index contributed by atoms with van der Waals surface area (Å²) in [5.74, 6) is -0.352. The molecule has 0 spiro atoms. The van der Waals surface area contributed by atoms with Gasteiger partial charge in [-0.3, -0.25) is 0 Å². The average molecular weight is 214 g/mol. The number of carbonyl (C=O) groups is 1. The van der Waals surface area contributed by atoms with Crippen molar-refractivity contribution in [2.75, 3.05) is 0 Å². The first-order valence-corrected chi connectivity index (χ1v) is 5.06. The molecule has 15 heavy (non-hydrogen) atoms. The van der Waals surface area contributed by atoms with Gasteiger partial charge in [0.2, 0.25) is 0 Å². The van der Waals surface area contributed by atoms with Gasteiger partial charge in [-0.15, -0.1) is 0 Å². The van der Waals surface area contributed by atoms with E-state index in [1.54, 1.807) is 26.8 Å². The van der Waals surface area contributed by atoms with E-state index in [1.807, 2.05) is 0 Å². The fourth-order valence-corrected chi connectivity index (χ4v) is 1.45. The van der Waals surface area contributed by atoms with Crippen LogP contribution >= 0.6 is 0 Å². The third-order valence-electron chi connectivity index (χ3n) is 2.64. The van der Waals surface area contributed by atoms with Crippen LogP contribution in [-0.4, -0.2) is 33.5 Å². The van der Waals surface area contributed by atoms with Crippen LogP contribution in [0.2, 0.25) is 0 Å². The highest BCUT2D eigenvalue weighted by atomic mass is 16.6. The van der Waals surface area contributed by atoms with Crippen molar-refractivity contribution in [3.63, 3.8) is 0 Å². The zero-order chi connectivity index (χ0) is 11.7. The first kappa shape index (κ1) is 12.2. The van der Waals surface area contributed by atoms with Crippen LogP contribution in [0.3, 0.4) is 0 Å². The molecule has 0 radical (unpaired) electrons. The lowest BCUT2D eigenvalue weighted by molar-refractivity contribution is -0.145. The molecule has 1 heterocycles. The summed E-state index contributed by atoms with van der Waals surface area (Å²) in [4.78, 5) is 10.9. The quantitative estimate of drug-likeness (QED) is 0.678. The Hall–Kier alpha value is -0.870.